The molecular weight excluding hydrogens is 340 g/mol. The van der Waals surface area contributed by atoms with Crippen molar-refractivity contribution in [3.8, 4) is 11.5 Å². The predicted molar refractivity (Wildman–Crippen MR) is 108 cm³/mol. The zero-order chi connectivity index (χ0) is 19.1. The van der Waals surface area contributed by atoms with Crippen LogP contribution in [0.5, 0.6) is 11.5 Å². The summed E-state index contributed by atoms with van der Waals surface area (Å²) in [7, 11) is 0. The molecule has 1 N–H and O–H groups in total. The van der Waals surface area contributed by atoms with Crippen molar-refractivity contribution in [1.29, 1.82) is 0 Å². The summed E-state index contributed by atoms with van der Waals surface area (Å²) in [6.45, 7) is 4.95. The third-order valence-corrected chi connectivity index (χ3v) is 3.98. The standard InChI is InChI=1S/C22H22N2O3/c1-3-26-20-13-12-16(14-21(20)27-4-2)15-23-24-22(25)19-11-7-9-17-8-5-6-10-18(17)19/h5-15H,3-4H2,1-2H3,(H,24,25)/b23-15+. The van der Waals surface area contributed by atoms with Gasteiger partial charge < -0.3 is 9.47 Å². The first-order chi connectivity index (χ1) is 13.2. The van der Waals surface area contributed by atoms with E-state index in [-0.39, 0.29) is 5.91 Å². The van der Waals surface area contributed by atoms with Gasteiger partial charge in [0.05, 0.1) is 19.4 Å². The Morgan fingerprint density at radius 3 is 2.52 bits per heavy atom. The molecule has 3 rings (SSSR count). The maximum atomic E-state index is 12.5. The molecular formula is C22H22N2O3. The molecule has 0 spiro atoms. The number of benzene rings is 3. The molecule has 0 aromatic heterocycles. The lowest BCUT2D eigenvalue weighted by molar-refractivity contribution is 0.0957. The molecule has 27 heavy (non-hydrogen) atoms. The normalized spacial score (nSPS) is 10.9. The summed E-state index contributed by atoms with van der Waals surface area (Å²) in [6.07, 6.45) is 1.58. The van der Waals surface area contributed by atoms with Gasteiger partial charge in [0.1, 0.15) is 0 Å². The average molecular weight is 362 g/mol. The summed E-state index contributed by atoms with van der Waals surface area (Å²) in [6, 6.07) is 18.9. The molecule has 0 saturated heterocycles. The topological polar surface area (TPSA) is 59.9 Å². The Kier molecular flexibility index (Phi) is 6.05. The van der Waals surface area contributed by atoms with Crippen molar-refractivity contribution in [2.45, 2.75) is 13.8 Å². The molecule has 3 aromatic carbocycles. The highest BCUT2D eigenvalue weighted by atomic mass is 16.5. The minimum absolute atomic E-state index is 0.251. The number of nitrogens with zero attached hydrogens (tertiary/aromatic N) is 1. The van der Waals surface area contributed by atoms with Crippen molar-refractivity contribution in [1.82, 2.24) is 5.43 Å². The van der Waals surface area contributed by atoms with E-state index >= 15 is 0 Å². The third-order valence-electron chi connectivity index (χ3n) is 3.98. The zero-order valence-corrected chi connectivity index (χ0v) is 15.4. The van der Waals surface area contributed by atoms with Crippen molar-refractivity contribution in [3.05, 3.63) is 71.8 Å². The van der Waals surface area contributed by atoms with Gasteiger partial charge >= 0.3 is 0 Å². The molecule has 3 aromatic rings. The monoisotopic (exact) mass is 362 g/mol. The number of rotatable bonds is 7. The van der Waals surface area contributed by atoms with Crippen LogP contribution < -0.4 is 14.9 Å². The smallest absolute Gasteiger partial charge is 0.271 e. The Morgan fingerprint density at radius 1 is 0.963 bits per heavy atom. The Balaban J connectivity index is 1.75. The van der Waals surface area contributed by atoms with Gasteiger partial charge in [-0.25, -0.2) is 5.43 Å². The van der Waals surface area contributed by atoms with E-state index in [1.54, 1.807) is 12.3 Å². The van der Waals surface area contributed by atoms with Gasteiger partial charge in [0.15, 0.2) is 11.5 Å². The van der Waals surface area contributed by atoms with Crippen LogP contribution in [0.15, 0.2) is 65.8 Å². The number of nitrogens with one attached hydrogen (secondary N) is 1. The molecule has 0 aliphatic carbocycles. The maximum Gasteiger partial charge on any atom is 0.271 e. The van der Waals surface area contributed by atoms with Crippen molar-refractivity contribution >= 4 is 22.9 Å². The second-order valence-electron chi connectivity index (χ2n) is 5.80. The molecule has 0 radical (unpaired) electrons. The first kappa shape index (κ1) is 18.5. The molecule has 0 saturated carbocycles. The van der Waals surface area contributed by atoms with Gasteiger partial charge in [0.25, 0.3) is 5.91 Å². The molecule has 0 heterocycles. The first-order valence-corrected chi connectivity index (χ1v) is 8.93. The molecule has 5 nitrogen and oxygen atoms in total. The van der Waals surface area contributed by atoms with Crippen molar-refractivity contribution in [2.24, 2.45) is 5.10 Å². The second kappa shape index (κ2) is 8.85. The summed E-state index contributed by atoms with van der Waals surface area (Å²) in [5, 5.41) is 5.99. The Bertz CT molecular complexity index is 961. The maximum absolute atomic E-state index is 12.5. The molecule has 138 valence electrons. The largest absolute Gasteiger partial charge is 0.490 e. The Labute approximate surface area is 158 Å². The summed E-state index contributed by atoms with van der Waals surface area (Å²) in [5.74, 6) is 1.10. The number of ether oxygens (including phenoxy) is 2. The van der Waals surface area contributed by atoms with E-state index in [1.165, 1.54) is 0 Å². The molecule has 1 amide bonds. The number of hydrazone groups is 1. The molecule has 5 heteroatoms. The lowest BCUT2D eigenvalue weighted by Crippen LogP contribution is -2.17. The summed E-state index contributed by atoms with van der Waals surface area (Å²) >= 11 is 0. The van der Waals surface area contributed by atoms with Gasteiger partial charge in [-0.1, -0.05) is 36.4 Å². The van der Waals surface area contributed by atoms with E-state index in [4.69, 9.17) is 9.47 Å². The summed E-state index contributed by atoms with van der Waals surface area (Å²) in [4.78, 5) is 12.5. The molecule has 0 aliphatic rings. The zero-order valence-electron chi connectivity index (χ0n) is 15.4. The molecule has 0 atom stereocenters. The Hall–Kier alpha value is -3.34. The number of amides is 1. The lowest BCUT2D eigenvalue weighted by Gasteiger charge is -2.11. The van der Waals surface area contributed by atoms with Gasteiger partial charge in [0, 0.05) is 5.56 Å². The average Bonchev–Trinajstić information content (AvgIpc) is 2.69. The van der Waals surface area contributed by atoms with Crippen LogP contribution >= 0.6 is 0 Å². The number of fused-ring (bicyclic) bond motifs is 1. The Morgan fingerprint density at radius 2 is 1.70 bits per heavy atom. The highest BCUT2D eigenvalue weighted by molar-refractivity contribution is 6.07. The van der Waals surface area contributed by atoms with E-state index in [2.05, 4.69) is 10.5 Å². The van der Waals surface area contributed by atoms with E-state index in [0.717, 1.165) is 16.3 Å². The van der Waals surface area contributed by atoms with E-state index in [1.807, 2.05) is 68.4 Å². The molecule has 0 aliphatic heterocycles. The number of hydrogen-bond acceptors (Lipinski definition) is 4. The van der Waals surface area contributed by atoms with Crippen molar-refractivity contribution < 1.29 is 14.3 Å². The third kappa shape index (κ3) is 4.44. The number of carbonyl (C=O) groups excluding carboxylic acids is 1. The fourth-order valence-electron chi connectivity index (χ4n) is 2.80. The van der Waals surface area contributed by atoms with E-state index < -0.39 is 0 Å². The van der Waals surface area contributed by atoms with E-state index in [0.29, 0.717) is 30.3 Å². The highest BCUT2D eigenvalue weighted by Gasteiger charge is 2.09. The van der Waals surface area contributed by atoms with Crippen molar-refractivity contribution in [2.75, 3.05) is 13.2 Å². The van der Waals surface area contributed by atoms with Crippen LogP contribution in [-0.4, -0.2) is 25.3 Å². The fourth-order valence-corrected chi connectivity index (χ4v) is 2.80. The summed E-state index contributed by atoms with van der Waals surface area (Å²) < 4.78 is 11.1. The second-order valence-corrected chi connectivity index (χ2v) is 5.80. The van der Waals surface area contributed by atoms with Gasteiger partial charge in [-0.05, 0) is 54.4 Å². The van der Waals surface area contributed by atoms with Gasteiger partial charge in [0.2, 0.25) is 0 Å². The molecule has 0 bridgehead atoms. The highest BCUT2D eigenvalue weighted by Crippen LogP contribution is 2.28. The minimum Gasteiger partial charge on any atom is -0.490 e. The van der Waals surface area contributed by atoms with Crippen LogP contribution in [0.3, 0.4) is 0 Å². The van der Waals surface area contributed by atoms with E-state index in [9.17, 15) is 4.79 Å². The van der Waals surface area contributed by atoms with Crippen molar-refractivity contribution in [3.63, 3.8) is 0 Å². The molecule has 0 unspecified atom stereocenters. The lowest BCUT2D eigenvalue weighted by atomic mass is 10.0. The number of hydrogen-bond donors (Lipinski definition) is 1. The van der Waals surface area contributed by atoms with Crippen LogP contribution in [0, 0.1) is 0 Å². The van der Waals surface area contributed by atoms with Gasteiger partial charge in [-0.15, -0.1) is 0 Å². The van der Waals surface area contributed by atoms with Crippen LogP contribution in [-0.2, 0) is 0 Å². The minimum atomic E-state index is -0.251. The van der Waals surface area contributed by atoms with Gasteiger partial charge in [-0.2, -0.15) is 5.10 Å². The van der Waals surface area contributed by atoms with Crippen LogP contribution in [0.25, 0.3) is 10.8 Å². The SMILES string of the molecule is CCOc1ccc(/C=N/NC(=O)c2cccc3ccccc23)cc1OCC. The quantitative estimate of drug-likeness (QED) is 0.500. The van der Waals surface area contributed by atoms with Crippen LogP contribution in [0.2, 0.25) is 0 Å². The fraction of sp³-hybridized carbons (Fsp3) is 0.182. The predicted octanol–water partition coefficient (Wildman–Crippen LogP) is 4.40. The summed E-state index contributed by atoms with van der Waals surface area (Å²) in [5.41, 5.74) is 3.98. The van der Waals surface area contributed by atoms with Gasteiger partial charge in [-0.3, -0.25) is 4.79 Å². The first-order valence-electron chi connectivity index (χ1n) is 8.93. The van der Waals surface area contributed by atoms with Crippen LogP contribution in [0.1, 0.15) is 29.8 Å². The number of carbonyl (C=O) groups is 1. The van der Waals surface area contributed by atoms with Crippen LogP contribution in [0.4, 0.5) is 0 Å². The molecule has 0 fully saturated rings.